The van der Waals surface area contributed by atoms with Crippen molar-refractivity contribution in [2.75, 3.05) is 6.54 Å². The Morgan fingerprint density at radius 3 is 2.38 bits per heavy atom. The number of rotatable bonds is 6. The minimum atomic E-state index is -4.55. The maximum atomic E-state index is 13.6. The van der Waals surface area contributed by atoms with Crippen molar-refractivity contribution in [3.8, 4) is 0 Å². The number of H-pyrrole nitrogens is 1. The summed E-state index contributed by atoms with van der Waals surface area (Å²) in [4.78, 5) is 25.1. The van der Waals surface area contributed by atoms with Crippen LogP contribution in [0.25, 0.3) is 0 Å². The van der Waals surface area contributed by atoms with Gasteiger partial charge in [0, 0.05) is 17.8 Å². The molecule has 0 spiro atoms. The van der Waals surface area contributed by atoms with Gasteiger partial charge in [-0.15, -0.1) is 0 Å². The molecule has 2 aromatic rings. The molecule has 0 radical (unpaired) electrons. The lowest BCUT2D eigenvalue weighted by Gasteiger charge is -2.10. The van der Waals surface area contributed by atoms with Crippen molar-refractivity contribution in [2.45, 2.75) is 25.3 Å². The van der Waals surface area contributed by atoms with Crippen molar-refractivity contribution in [2.24, 2.45) is 0 Å². The van der Waals surface area contributed by atoms with E-state index in [0.29, 0.717) is 16.8 Å². The lowest BCUT2D eigenvalue weighted by molar-refractivity contribution is -0.120. The summed E-state index contributed by atoms with van der Waals surface area (Å²) in [5.74, 6) is -3.29. The van der Waals surface area contributed by atoms with Crippen LogP contribution in [0.2, 0.25) is 0 Å². The van der Waals surface area contributed by atoms with Gasteiger partial charge < -0.3 is 10.3 Å². The summed E-state index contributed by atoms with van der Waals surface area (Å²) in [6.45, 7) is 2.57. The van der Waals surface area contributed by atoms with Crippen LogP contribution in [-0.4, -0.2) is 25.9 Å². The van der Waals surface area contributed by atoms with Gasteiger partial charge in [-0.05, 0) is 37.6 Å². The third-order valence-corrected chi connectivity index (χ3v) is 5.02. The predicted molar refractivity (Wildman–Crippen MR) is 89.9 cm³/mol. The van der Waals surface area contributed by atoms with Crippen LogP contribution in [0.4, 0.5) is 8.78 Å². The Hall–Kier alpha value is -2.59. The third-order valence-electron chi connectivity index (χ3n) is 3.57. The van der Waals surface area contributed by atoms with E-state index in [-0.39, 0.29) is 12.1 Å². The first kappa shape index (κ1) is 19.7. The van der Waals surface area contributed by atoms with Crippen LogP contribution < -0.4 is 15.6 Å². The molecule has 0 saturated carbocycles. The van der Waals surface area contributed by atoms with E-state index in [4.69, 9.17) is 0 Å². The zero-order chi connectivity index (χ0) is 19.5. The Bertz CT molecular complexity index is 983. The number of aryl methyl sites for hydroxylation is 2. The number of sulfonamides is 1. The Labute approximate surface area is 148 Å². The van der Waals surface area contributed by atoms with Crippen molar-refractivity contribution in [3.05, 3.63) is 63.1 Å². The van der Waals surface area contributed by atoms with Crippen LogP contribution in [0.5, 0.6) is 0 Å². The molecule has 0 atom stereocenters. The number of aromatic nitrogens is 1. The van der Waals surface area contributed by atoms with Crippen molar-refractivity contribution >= 4 is 15.9 Å². The number of hydrogen-bond donors (Lipinski definition) is 3. The summed E-state index contributed by atoms with van der Waals surface area (Å²) in [6.07, 6.45) is 0. The summed E-state index contributed by atoms with van der Waals surface area (Å²) in [7, 11) is -4.55. The second kappa shape index (κ2) is 7.75. The number of pyridine rings is 1. The molecule has 1 amide bonds. The molecule has 0 aliphatic carbocycles. The Kier molecular flexibility index (Phi) is 5.88. The Balaban J connectivity index is 2.02. The number of carbonyl (C=O) groups is 1. The summed E-state index contributed by atoms with van der Waals surface area (Å²) in [5, 5.41) is 2.38. The fraction of sp³-hybridized carbons (Fsp3) is 0.250. The van der Waals surface area contributed by atoms with Gasteiger partial charge in [0.05, 0.1) is 6.54 Å². The molecule has 140 valence electrons. The molecule has 10 heteroatoms. The standard InChI is InChI=1S/C16H17F2N3O4S/c1-9-6-10(2)21-16(23)11(9)7-19-14(22)8-20-26(24,25)15-12(17)4-3-5-13(15)18/h3-6,20H,7-8H2,1-2H3,(H,19,22)(H,21,23). The van der Waals surface area contributed by atoms with Crippen LogP contribution in [0.1, 0.15) is 16.8 Å². The molecule has 0 saturated heterocycles. The smallest absolute Gasteiger partial charge is 0.253 e. The van der Waals surface area contributed by atoms with Crippen molar-refractivity contribution in [1.82, 2.24) is 15.0 Å². The highest BCUT2D eigenvalue weighted by molar-refractivity contribution is 7.89. The lowest BCUT2D eigenvalue weighted by Crippen LogP contribution is -2.38. The number of carbonyl (C=O) groups excluding carboxylic acids is 1. The summed E-state index contributed by atoms with van der Waals surface area (Å²) in [5.41, 5.74) is 1.30. The normalized spacial score (nSPS) is 11.4. The van der Waals surface area contributed by atoms with E-state index in [1.54, 1.807) is 19.9 Å². The highest BCUT2D eigenvalue weighted by Crippen LogP contribution is 2.17. The molecule has 26 heavy (non-hydrogen) atoms. The highest BCUT2D eigenvalue weighted by atomic mass is 32.2. The Morgan fingerprint density at radius 1 is 1.19 bits per heavy atom. The molecule has 1 aromatic carbocycles. The van der Waals surface area contributed by atoms with E-state index in [0.717, 1.165) is 18.2 Å². The van der Waals surface area contributed by atoms with E-state index in [2.05, 4.69) is 10.3 Å². The molecule has 1 heterocycles. The minimum Gasteiger partial charge on any atom is -0.351 e. The van der Waals surface area contributed by atoms with E-state index in [1.165, 1.54) is 0 Å². The van der Waals surface area contributed by atoms with Crippen LogP contribution in [0, 0.1) is 25.5 Å². The summed E-state index contributed by atoms with van der Waals surface area (Å²) >= 11 is 0. The second-order valence-electron chi connectivity index (χ2n) is 5.60. The number of halogens is 2. The molecule has 0 fully saturated rings. The maximum Gasteiger partial charge on any atom is 0.253 e. The largest absolute Gasteiger partial charge is 0.351 e. The molecule has 7 nitrogen and oxygen atoms in total. The number of benzene rings is 1. The molecule has 2 rings (SSSR count). The van der Waals surface area contributed by atoms with Gasteiger partial charge in [-0.3, -0.25) is 9.59 Å². The van der Waals surface area contributed by atoms with Gasteiger partial charge in [0.25, 0.3) is 5.56 Å². The van der Waals surface area contributed by atoms with E-state index < -0.39 is 39.0 Å². The molecule has 0 aliphatic rings. The van der Waals surface area contributed by atoms with Gasteiger partial charge in [-0.25, -0.2) is 21.9 Å². The van der Waals surface area contributed by atoms with E-state index >= 15 is 0 Å². The van der Waals surface area contributed by atoms with Crippen molar-refractivity contribution in [3.63, 3.8) is 0 Å². The molecular weight excluding hydrogens is 368 g/mol. The van der Waals surface area contributed by atoms with Crippen LogP contribution >= 0.6 is 0 Å². The molecule has 1 aromatic heterocycles. The van der Waals surface area contributed by atoms with Gasteiger partial charge in [-0.1, -0.05) is 6.07 Å². The first-order valence-electron chi connectivity index (χ1n) is 7.51. The number of aromatic amines is 1. The monoisotopic (exact) mass is 385 g/mol. The quantitative estimate of drug-likeness (QED) is 0.685. The Morgan fingerprint density at radius 2 is 1.81 bits per heavy atom. The SMILES string of the molecule is Cc1cc(C)c(CNC(=O)CNS(=O)(=O)c2c(F)cccc2F)c(=O)[nH]1. The summed E-state index contributed by atoms with van der Waals surface area (Å²) < 4.78 is 52.9. The molecule has 0 unspecified atom stereocenters. The highest BCUT2D eigenvalue weighted by Gasteiger charge is 2.24. The third kappa shape index (κ3) is 4.52. The van der Waals surface area contributed by atoms with Crippen molar-refractivity contribution < 1.29 is 22.0 Å². The molecular formula is C16H17F2N3O4S. The van der Waals surface area contributed by atoms with Crippen molar-refractivity contribution in [1.29, 1.82) is 0 Å². The first-order valence-corrected chi connectivity index (χ1v) is 9.00. The average Bonchev–Trinajstić information content (AvgIpc) is 2.51. The van der Waals surface area contributed by atoms with Crippen LogP contribution in [0.3, 0.4) is 0 Å². The lowest BCUT2D eigenvalue weighted by atomic mass is 10.1. The predicted octanol–water partition coefficient (Wildman–Crippen LogP) is 0.865. The molecule has 0 bridgehead atoms. The van der Waals surface area contributed by atoms with Gasteiger partial charge in [-0.2, -0.15) is 0 Å². The van der Waals surface area contributed by atoms with Crippen LogP contribution in [0.15, 0.2) is 34.0 Å². The van der Waals surface area contributed by atoms with Gasteiger partial charge in [0.2, 0.25) is 15.9 Å². The van der Waals surface area contributed by atoms with E-state index in [9.17, 15) is 26.8 Å². The van der Waals surface area contributed by atoms with Gasteiger partial charge in [0.1, 0.15) is 11.6 Å². The van der Waals surface area contributed by atoms with E-state index in [1.807, 2.05) is 4.72 Å². The fourth-order valence-electron chi connectivity index (χ4n) is 2.32. The first-order chi connectivity index (χ1) is 12.1. The second-order valence-corrected chi connectivity index (χ2v) is 7.30. The topological polar surface area (TPSA) is 108 Å². The minimum absolute atomic E-state index is 0.115. The number of hydrogen-bond acceptors (Lipinski definition) is 4. The molecule has 3 N–H and O–H groups in total. The van der Waals surface area contributed by atoms with Gasteiger partial charge >= 0.3 is 0 Å². The fourth-order valence-corrected chi connectivity index (χ4v) is 3.44. The van der Waals surface area contributed by atoms with Gasteiger partial charge in [0.15, 0.2) is 4.90 Å². The summed E-state index contributed by atoms with van der Waals surface area (Å²) in [6, 6.07) is 4.35. The zero-order valence-corrected chi connectivity index (χ0v) is 14.8. The zero-order valence-electron chi connectivity index (χ0n) is 14.0. The maximum absolute atomic E-state index is 13.6. The number of amides is 1. The number of nitrogens with one attached hydrogen (secondary N) is 3. The molecule has 0 aliphatic heterocycles. The average molecular weight is 385 g/mol. The van der Waals surface area contributed by atoms with Crippen LogP contribution in [-0.2, 0) is 21.4 Å².